The molecule has 0 spiro atoms. The predicted octanol–water partition coefficient (Wildman–Crippen LogP) is 2.62. The second-order valence-corrected chi connectivity index (χ2v) is 8.17. The van der Waals surface area contributed by atoms with Gasteiger partial charge in [-0.2, -0.15) is 0 Å². The van der Waals surface area contributed by atoms with E-state index >= 15 is 0 Å². The molecule has 158 valence electrons. The predicted molar refractivity (Wildman–Crippen MR) is 113 cm³/mol. The lowest BCUT2D eigenvalue weighted by Crippen LogP contribution is -2.46. The van der Waals surface area contributed by atoms with E-state index in [1.165, 1.54) is 0 Å². The van der Waals surface area contributed by atoms with Crippen molar-refractivity contribution in [3.05, 3.63) is 24.3 Å². The molecule has 0 aliphatic carbocycles. The number of benzene rings is 1. The maximum Gasteiger partial charge on any atom is 0.321 e. The van der Waals surface area contributed by atoms with Gasteiger partial charge in [-0.1, -0.05) is 19.9 Å². The van der Waals surface area contributed by atoms with Gasteiger partial charge in [0.15, 0.2) is 0 Å². The van der Waals surface area contributed by atoms with E-state index in [0.29, 0.717) is 50.6 Å². The number of anilines is 2. The van der Waals surface area contributed by atoms with Gasteiger partial charge in [-0.05, 0) is 43.9 Å². The van der Waals surface area contributed by atoms with Crippen LogP contribution < -0.4 is 20.9 Å². The Labute approximate surface area is 172 Å². The van der Waals surface area contributed by atoms with Gasteiger partial charge in [0, 0.05) is 49.5 Å². The second kappa shape index (κ2) is 9.15. The summed E-state index contributed by atoms with van der Waals surface area (Å²) in [4.78, 5) is 40.3. The number of piperidine rings is 1. The fourth-order valence-electron chi connectivity index (χ4n) is 3.53. The zero-order valence-corrected chi connectivity index (χ0v) is 17.4. The molecule has 0 radical (unpaired) electrons. The lowest BCUT2D eigenvalue weighted by atomic mass is 9.95. The summed E-state index contributed by atoms with van der Waals surface area (Å²) in [6.45, 7) is 8.52. The Kier molecular flexibility index (Phi) is 6.61. The normalized spacial score (nSPS) is 18.6. The molecule has 8 heteroatoms. The number of rotatable bonds is 5. The van der Waals surface area contributed by atoms with Gasteiger partial charge in [-0.3, -0.25) is 9.69 Å². The van der Waals surface area contributed by atoms with E-state index in [1.54, 1.807) is 15.9 Å². The highest BCUT2D eigenvalue weighted by Crippen LogP contribution is 2.23. The molecule has 1 unspecified atom stereocenters. The zero-order valence-electron chi connectivity index (χ0n) is 17.4. The monoisotopic (exact) mass is 401 g/mol. The van der Waals surface area contributed by atoms with Gasteiger partial charge >= 0.3 is 12.1 Å². The highest BCUT2D eigenvalue weighted by Gasteiger charge is 2.28. The third-order valence-electron chi connectivity index (χ3n) is 5.79. The molecular weight excluding hydrogens is 370 g/mol. The van der Waals surface area contributed by atoms with E-state index in [-0.39, 0.29) is 29.9 Å². The van der Waals surface area contributed by atoms with Crippen molar-refractivity contribution in [1.82, 2.24) is 15.5 Å². The van der Waals surface area contributed by atoms with Crippen molar-refractivity contribution in [3.63, 3.8) is 0 Å². The first-order chi connectivity index (χ1) is 13.8. The molecule has 0 aromatic heterocycles. The molecule has 3 N–H and O–H groups in total. The van der Waals surface area contributed by atoms with E-state index < -0.39 is 0 Å². The lowest BCUT2D eigenvalue weighted by molar-refractivity contribution is -0.127. The quantitative estimate of drug-likeness (QED) is 0.708. The Morgan fingerprint density at radius 3 is 2.48 bits per heavy atom. The van der Waals surface area contributed by atoms with E-state index in [4.69, 9.17) is 0 Å². The minimum absolute atomic E-state index is 0.0442. The topological polar surface area (TPSA) is 93.8 Å². The number of hydrogen-bond donors (Lipinski definition) is 3. The summed E-state index contributed by atoms with van der Waals surface area (Å²) in [5.74, 6) is 0.437. The minimum atomic E-state index is -0.178. The zero-order chi connectivity index (χ0) is 21.0. The molecule has 8 nitrogen and oxygen atoms in total. The third-order valence-corrected chi connectivity index (χ3v) is 5.79. The number of nitrogens with zero attached hydrogens (tertiary/aromatic N) is 2. The average molecular weight is 402 g/mol. The van der Waals surface area contributed by atoms with E-state index in [1.807, 2.05) is 25.1 Å². The van der Waals surface area contributed by atoms with Crippen LogP contribution in [0.25, 0.3) is 0 Å². The van der Waals surface area contributed by atoms with Crippen molar-refractivity contribution in [2.45, 2.75) is 39.7 Å². The maximum absolute atomic E-state index is 12.6. The van der Waals surface area contributed by atoms with E-state index in [9.17, 15) is 14.4 Å². The van der Waals surface area contributed by atoms with Crippen LogP contribution in [-0.4, -0.2) is 55.1 Å². The van der Waals surface area contributed by atoms with Crippen LogP contribution in [0, 0.1) is 11.8 Å². The number of carbonyl (C=O) groups excluding carboxylic acids is 3. The number of carbonyl (C=O) groups is 3. The van der Waals surface area contributed by atoms with Gasteiger partial charge in [0.25, 0.3) is 0 Å². The molecule has 5 amide bonds. The molecule has 2 saturated heterocycles. The number of nitrogens with one attached hydrogen (secondary N) is 3. The number of urea groups is 2. The average Bonchev–Trinajstić information content (AvgIpc) is 3.14. The van der Waals surface area contributed by atoms with Crippen molar-refractivity contribution >= 4 is 29.3 Å². The second-order valence-electron chi connectivity index (χ2n) is 8.17. The van der Waals surface area contributed by atoms with Gasteiger partial charge in [-0.25, -0.2) is 9.59 Å². The largest absolute Gasteiger partial charge is 0.353 e. The summed E-state index contributed by atoms with van der Waals surface area (Å²) in [6, 6.07) is 7.13. The standard InChI is InChI=1S/C21H31N5O3/c1-14(2)15(3)23-19(27)16-7-10-25(11-8-16)21(29)24-17-5-4-6-18(13-17)26-12-9-22-20(26)28/h4-6,13-16H,7-12H2,1-3H3,(H,22,28)(H,23,27)(H,24,29). The highest BCUT2D eigenvalue weighted by atomic mass is 16.2. The summed E-state index contributed by atoms with van der Waals surface area (Å²) in [7, 11) is 0. The van der Waals surface area contributed by atoms with E-state index in [0.717, 1.165) is 5.69 Å². The number of hydrogen-bond acceptors (Lipinski definition) is 3. The van der Waals surface area contributed by atoms with Crippen molar-refractivity contribution in [2.24, 2.45) is 11.8 Å². The third kappa shape index (κ3) is 5.19. The van der Waals surface area contributed by atoms with E-state index in [2.05, 4.69) is 29.8 Å². The Bertz CT molecular complexity index is 758. The lowest BCUT2D eigenvalue weighted by Gasteiger charge is -2.32. The van der Waals surface area contributed by atoms with Crippen LogP contribution in [0.5, 0.6) is 0 Å². The molecule has 1 aromatic rings. The molecule has 2 aliphatic heterocycles. The van der Waals surface area contributed by atoms with Crippen molar-refractivity contribution in [3.8, 4) is 0 Å². The Hall–Kier alpha value is -2.77. The van der Waals surface area contributed by atoms with Gasteiger partial charge in [0.1, 0.15) is 0 Å². The van der Waals surface area contributed by atoms with Gasteiger partial charge < -0.3 is 20.9 Å². The Balaban J connectivity index is 1.51. The molecule has 3 rings (SSSR count). The molecule has 2 heterocycles. The molecule has 1 atom stereocenters. The van der Waals surface area contributed by atoms with Crippen molar-refractivity contribution in [1.29, 1.82) is 0 Å². The van der Waals surface area contributed by atoms with Crippen LogP contribution >= 0.6 is 0 Å². The van der Waals surface area contributed by atoms with Crippen LogP contribution in [0.2, 0.25) is 0 Å². The molecule has 1 aromatic carbocycles. The first-order valence-electron chi connectivity index (χ1n) is 10.4. The number of amides is 5. The fourth-order valence-corrected chi connectivity index (χ4v) is 3.53. The first kappa shape index (κ1) is 21.0. The highest BCUT2D eigenvalue weighted by molar-refractivity contribution is 5.96. The summed E-state index contributed by atoms with van der Waals surface area (Å²) in [5, 5.41) is 8.75. The molecule has 0 bridgehead atoms. The van der Waals surface area contributed by atoms with Crippen LogP contribution in [0.4, 0.5) is 21.0 Å². The van der Waals surface area contributed by atoms with Gasteiger partial charge in [-0.15, -0.1) is 0 Å². The fraction of sp³-hybridized carbons (Fsp3) is 0.571. The van der Waals surface area contributed by atoms with Crippen LogP contribution in [0.1, 0.15) is 33.6 Å². The van der Waals surface area contributed by atoms with Gasteiger partial charge in [0.2, 0.25) is 5.91 Å². The molecule has 2 fully saturated rings. The molecule has 2 aliphatic rings. The molecule has 0 saturated carbocycles. The Morgan fingerprint density at radius 2 is 1.86 bits per heavy atom. The summed E-state index contributed by atoms with van der Waals surface area (Å²) in [6.07, 6.45) is 1.33. The van der Waals surface area contributed by atoms with Gasteiger partial charge in [0.05, 0.1) is 0 Å². The van der Waals surface area contributed by atoms with Crippen LogP contribution in [0.15, 0.2) is 24.3 Å². The number of likely N-dealkylation sites (tertiary alicyclic amines) is 1. The SMILES string of the molecule is CC(C)C(C)NC(=O)C1CCN(C(=O)Nc2cccc(N3CCNC3=O)c2)CC1. The van der Waals surface area contributed by atoms with Crippen LogP contribution in [-0.2, 0) is 4.79 Å². The molecule has 29 heavy (non-hydrogen) atoms. The summed E-state index contributed by atoms with van der Waals surface area (Å²) >= 11 is 0. The smallest absolute Gasteiger partial charge is 0.321 e. The minimum Gasteiger partial charge on any atom is -0.353 e. The van der Waals surface area contributed by atoms with Crippen molar-refractivity contribution < 1.29 is 14.4 Å². The molecular formula is C21H31N5O3. The summed E-state index contributed by atoms with van der Waals surface area (Å²) in [5.41, 5.74) is 1.41. The maximum atomic E-state index is 12.6. The van der Waals surface area contributed by atoms with Crippen LogP contribution in [0.3, 0.4) is 0 Å². The first-order valence-corrected chi connectivity index (χ1v) is 10.4. The summed E-state index contributed by atoms with van der Waals surface area (Å²) < 4.78 is 0. The Morgan fingerprint density at radius 1 is 1.14 bits per heavy atom. The van der Waals surface area contributed by atoms with Crippen molar-refractivity contribution in [2.75, 3.05) is 36.4 Å².